The largest absolute Gasteiger partial charge is 0.454 e. The molecule has 0 fully saturated rings. The Morgan fingerprint density at radius 3 is 2.61 bits per heavy atom. The molecule has 18 heavy (non-hydrogen) atoms. The summed E-state index contributed by atoms with van der Waals surface area (Å²) >= 11 is 3.51. The predicted octanol–water partition coefficient (Wildman–Crippen LogP) is 1.89. The molecular formula is C12H16BrNO4. The second-order valence-electron chi connectivity index (χ2n) is 3.83. The van der Waals surface area contributed by atoms with E-state index in [-0.39, 0.29) is 13.1 Å². The summed E-state index contributed by atoms with van der Waals surface area (Å²) in [6, 6.07) is 3.89. The lowest BCUT2D eigenvalue weighted by molar-refractivity contribution is -0.0989. The maximum atomic E-state index is 5.34. The molecular weight excluding hydrogens is 302 g/mol. The Hall–Kier alpha value is -0.820. The molecule has 0 aromatic heterocycles. The molecule has 1 N–H and O–H groups in total. The van der Waals surface area contributed by atoms with Crippen LogP contribution in [0, 0.1) is 0 Å². The van der Waals surface area contributed by atoms with Gasteiger partial charge in [-0.2, -0.15) is 0 Å². The zero-order chi connectivity index (χ0) is 13.0. The summed E-state index contributed by atoms with van der Waals surface area (Å²) in [6.07, 6.45) is -0.238. The van der Waals surface area contributed by atoms with Gasteiger partial charge in [0.25, 0.3) is 0 Å². The number of rotatable bonds is 6. The topological polar surface area (TPSA) is 49.0 Å². The van der Waals surface area contributed by atoms with Gasteiger partial charge in [0.15, 0.2) is 17.8 Å². The van der Waals surface area contributed by atoms with Gasteiger partial charge < -0.3 is 24.3 Å². The molecule has 100 valence electrons. The molecule has 2 rings (SSSR count). The van der Waals surface area contributed by atoms with Crippen molar-refractivity contribution in [1.82, 2.24) is 5.32 Å². The van der Waals surface area contributed by atoms with Crippen LogP contribution in [0.4, 0.5) is 0 Å². The molecule has 0 spiro atoms. The maximum Gasteiger partial charge on any atom is 0.231 e. The highest BCUT2D eigenvalue weighted by molar-refractivity contribution is 9.10. The normalized spacial score (nSPS) is 13.3. The van der Waals surface area contributed by atoms with Gasteiger partial charge in [-0.25, -0.2) is 0 Å². The van der Waals surface area contributed by atoms with Gasteiger partial charge in [0.2, 0.25) is 6.79 Å². The highest BCUT2D eigenvalue weighted by atomic mass is 79.9. The molecule has 0 bridgehead atoms. The van der Waals surface area contributed by atoms with Crippen LogP contribution in [-0.4, -0.2) is 33.8 Å². The quantitative estimate of drug-likeness (QED) is 0.812. The first-order chi connectivity index (χ1) is 8.74. The van der Waals surface area contributed by atoms with Crippen molar-refractivity contribution in [2.75, 3.05) is 27.6 Å². The van der Waals surface area contributed by atoms with Gasteiger partial charge in [-0.3, -0.25) is 0 Å². The summed E-state index contributed by atoms with van der Waals surface area (Å²) in [4.78, 5) is 0. The first kappa shape index (κ1) is 13.6. The molecule has 1 aliphatic heterocycles. The molecule has 1 aromatic carbocycles. The third kappa shape index (κ3) is 3.14. The Morgan fingerprint density at radius 2 is 1.94 bits per heavy atom. The fraction of sp³-hybridized carbons (Fsp3) is 0.500. The second kappa shape index (κ2) is 6.38. The molecule has 0 amide bonds. The van der Waals surface area contributed by atoms with Gasteiger partial charge in [-0.1, -0.05) is 15.9 Å². The molecule has 0 saturated heterocycles. The van der Waals surface area contributed by atoms with E-state index in [4.69, 9.17) is 18.9 Å². The van der Waals surface area contributed by atoms with Gasteiger partial charge >= 0.3 is 0 Å². The van der Waals surface area contributed by atoms with Crippen LogP contribution in [0.1, 0.15) is 5.56 Å². The summed E-state index contributed by atoms with van der Waals surface area (Å²) in [5.74, 6) is 1.56. The number of hydrogen-bond acceptors (Lipinski definition) is 5. The molecule has 1 aliphatic rings. The van der Waals surface area contributed by atoms with Crippen LogP contribution in [0.25, 0.3) is 0 Å². The third-order valence-electron chi connectivity index (χ3n) is 2.69. The predicted molar refractivity (Wildman–Crippen MR) is 69.8 cm³/mol. The summed E-state index contributed by atoms with van der Waals surface area (Å²) in [7, 11) is 3.23. The van der Waals surface area contributed by atoms with Crippen molar-refractivity contribution in [1.29, 1.82) is 0 Å². The van der Waals surface area contributed by atoms with E-state index in [0.29, 0.717) is 13.1 Å². The van der Waals surface area contributed by atoms with Crippen LogP contribution >= 0.6 is 15.9 Å². The van der Waals surface area contributed by atoms with E-state index in [1.807, 2.05) is 12.1 Å². The van der Waals surface area contributed by atoms with Gasteiger partial charge in [-0.15, -0.1) is 0 Å². The average Bonchev–Trinajstić information content (AvgIpc) is 2.81. The average molecular weight is 318 g/mol. The number of halogens is 1. The van der Waals surface area contributed by atoms with Crippen LogP contribution in [0.2, 0.25) is 0 Å². The fourth-order valence-electron chi connectivity index (χ4n) is 1.68. The molecule has 6 heteroatoms. The lowest BCUT2D eigenvalue weighted by Crippen LogP contribution is -2.29. The number of methoxy groups -OCH3 is 2. The fourth-order valence-corrected chi connectivity index (χ4v) is 2.14. The van der Waals surface area contributed by atoms with E-state index in [1.54, 1.807) is 14.2 Å². The highest BCUT2D eigenvalue weighted by Gasteiger charge is 2.16. The number of benzene rings is 1. The Bertz CT molecular complexity index is 409. The minimum atomic E-state index is -0.238. The summed E-state index contributed by atoms with van der Waals surface area (Å²) in [5.41, 5.74) is 1.10. The van der Waals surface area contributed by atoms with Crippen molar-refractivity contribution < 1.29 is 18.9 Å². The van der Waals surface area contributed by atoms with Gasteiger partial charge in [0.1, 0.15) is 0 Å². The number of hydrogen-bond donors (Lipinski definition) is 1. The van der Waals surface area contributed by atoms with Crippen LogP contribution in [-0.2, 0) is 16.0 Å². The van der Waals surface area contributed by atoms with E-state index >= 15 is 0 Å². The van der Waals surface area contributed by atoms with Crippen molar-refractivity contribution >= 4 is 15.9 Å². The molecule has 0 radical (unpaired) electrons. The molecule has 5 nitrogen and oxygen atoms in total. The van der Waals surface area contributed by atoms with Crippen molar-refractivity contribution in [3.8, 4) is 11.5 Å². The zero-order valence-electron chi connectivity index (χ0n) is 10.4. The van der Waals surface area contributed by atoms with E-state index < -0.39 is 0 Å². The Kier molecular flexibility index (Phi) is 4.82. The van der Waals surface area contributed by atoms with Crippen molar-refractivity contribution in [2.24, 2.45) is 0 Å². The molecule has 0 unspecified atom stereocenters. The van der Waals surface area contributed by atoms with Crippen LogP contribution in [0.5, 0.6) is 11.5 Å². The van der Waals surface area contributed by atoms with E-state index in [1.165, 1.54) is 0 Å². The molecule has 1 heterocycles. The highest BCUT2D eigenvalue weighted by Crippen LogP contribution is 2.36. The van der Waals surface area contributed by atoms with Crippen LogP contribution in [0.15, 0.2) is 16.6 Å². The zero-order valence-corrected chi connectivity index (χ0v) is 12.0. The molecule has 0 saturated carbocycles. The van der Waals surface area contributed by atoms with Crippen molar-refractivity contribution in [3.05, 3.63) is 22.2 Å². The van der Waals surface area contributed by atoms with Gasteiger partial charge in [0, 0.05) is 31.8 Å². The molecule has 1 aromatic rings. The third-order valence-corrected chi connectivity index (χ3v) is 3.43. The summed E-state index contributed by atoms with van der Waals surface area (Å²) in [6.45, 7) is 1.60. The Balaban J connectivity index is 1.93. The SMILES string of the molecule is COC(CNCc1cc2c(cc1Br)OCO2)OC. The van der Waals surface area contributed by atoms with E-state index in [9.17, 15) is 0 Å². The first-order valence-electron chi connectivity index (χ1n) is 5.59. The van der Waals surface area contributed by atoms with Gasteiger partial charge in [0.05, 0.1) is 0 Å². The monoisotopic (exact) mass is 317 g/mol. The molecule has 0 aliphatic carbocycles. The first-order valence-corrected chi connectivity index (χ1v) is 6.38. The lowest BCUT2D eigenvalue weighted by atomic mass is 10.2. The van der Waals surface area contributed by atoms with Crippen LogP contribution < -0.4 is 14.8 Å². The van der Waals surface area contributed by atoms with Crippen molar-refractivity contribution in [2.45, 2.75) is 12.8 Å². The summed E-state index contributed by atoms with van der Waals surface area (Å²) < 4.78 is 21.8. The second-order valence-corrected chi connectivity index (χ2v) is 4.68. The number of nitrogens with one attached hydrogen (secondary N) is 1. The molecule has 0 atom stereocenters. The van der Waals surface area contributed by atoms with Crippen molar-refractivity contribution in [3.63, 3.8) is 0 Å². The minimum Gasteiger partial charge on any atom is -0.454 e. The standard InChI is InChI=1S/C12H16BrNO4/c1-15-12(16-2)6-14-5-8-3-10-11(4-9(8)13)18-7-17-10/h3-4,12,14H,5-7H2,1-2H3. The van der Waals surface area contributed by atoms with Crippen LogP contribution in [0.3, 0.4) is 0 Å². The summed E-state index contributed by atoms with van der Waals surface area (Å²) in [5, 5.41) is 3.26. The number of fused-ring (bicyclic) bond motifs is 1. The van der Waals surface area contributed by atoms with Gasteiger partial charge in [-0.05, 0) is 17.7 Å². The Labute approximate surface area is 114 Å². The Morgan fingerprint density at radius 1 is 1.28 bits per heavy atom. The smallest absolute Gasteiger partial charge is 0.231 e. The maximum absolute atomic E-state index is 5.34. The minimum absolute atomic E-state index is 0.238. The van der Waals surface area contributed by atoms with E-state index in [0.717, 1.165) is 21.5 Å². The number of ether oxygens (including phenoxy) is 4. The lowest BCUT2D eigenvalue weighted by Gasteiger charge is -2.14. The van der Waals surface area contributed by atoms with E-state index in [2.05, 4.69) is 21.2 Å².